The minimum absolute atomic E-state index is 0.0158. The number of ether oxygens (including phenoxy) is 1. The molecule has 0 heterocycles. The number of allylic oxidation sites excluding steroid dienone is 3. The van der Waals surface area contributed by atoms with Crippen molar-refractivity contribution in [3.63, 3.8) is 0 Å². The van der Waals surface area contributed by atoms with Crippen molar-refractivity contribution in [3.05, 3.63) is 54.6 Å². The van der Waals surface area contributed by atoms with Gasteiger partial charge in [-0.05, 0) is 48.2 Å². The fourth-order valence-corrected chi connectivity index (χ4v) is 9.19. The highest BCUT2D eigenvalue weighted by atomic mass is 32.2. The van der Waals surface area contributed by atoms with Crippen molar-refractivity contribution in [1.29, 1.82) is 0 Å². The number of hydrogen-bond acceptors (Lipinski definition) is 5. The Labute approximate surface area is 219 Å². The SMILES string of the molecule is COC[C@@H]1C(=O)C=C[C@@]2(C)C=C[C@H](O[Si](C)(C)C(C)(C)C)C(C)(C)C[C@@H](S(=O)(=O)c3ccccc3)[C@@H]12. The van der Waals surface area contributed by atoms with Gasteiger partial charge in [0.2, 0.25) is 0 Å². The maximum Gasteiger partial charge on any atom is 0.192 e. The van der Waals surface area contributed by atoms with Crippen LogP contribution in [0.2, 0.25) is 18.1 Å². The molecule has 5 atom stereocenters. The average molecular weight is 533 g/mol. The molecule has 0 aliphatic heterocycles. The summed E-state index contributed by atoms with van der Waals surface area (Å²) in [6.07, 6.45) is 7.83. The molecule has 0 saturated carbocycles. The van der Waals surface area contributed by atoms with Crippen LogP contribution < -0.4 is 0 Å². The van der Waals surface area contributed by atoms with Crippen molar-refractivity contribution >= 4 is 23.9 Å². The second kappa shape index (κ2) is 9.97. The molecule has 0 spiro atoms. The Morgan fingerprint density at radius 2 is 1.67 bits per heavy atom. The van der Waals surface area contributed by atoms with Crippen LogP contribution >= 0.6 is 0 Å². The summed E-state index contributed by atoms with van der Waals surface area (Å²) in [7, 11) is -4.36. The minimum atomic E-state index is -3.77. The lowest BCUT2D eigenvalue weighted by Gasteiger charge is -2.50. The van der Waals surface area contributed by atoms with Crippen molar-refractivity contribution < 1.29 is 22.4 Å². The molecule has 0 radical (unpaired) electrons. The molecule has 0 amide bonds. The number of ketones is 1. The number of methoxy groups -OCH3 is 1. The maximum absolute atomic E-state index is 14.3. The summed E-state index contributed by atoms with van der Waals surface area (Å²) in [5, 5.41) is -0.772. The van der Waals surface area contributed by atoms with Gasteiger partial charge in [0.15, 0.2) is 23.9 Å². The smallest absolute Gasteiger partial charge is 0.192 e. The van der Waals surface area contributed by atoms with Crippen LogP contribution in [0.5, 0.6) is 0 Å². The maximum atomic E-state index is 14.3. The van der Waals surface area contributed by atoms with Crippen LogP contribution in [0.15, 0.2) is 59.5 Å². The first-order chi connectivity index (χ1) is 16.5. The lowest BCUT2D eigenvalue weighted by molar-refractivity contribution is -0.124. The summed E-state index contributed by atoms with van der Waals surface area (Å²) in [5.41, 5.74) is -1.13. The quantitative estimate of drug-likeness (QED) is 0.321. The molecule has 200 valence electrons. The Morgan fingerprint density at radius 3 is 2.22 bits per heavy atom. The first-order valence-corrected chi connectivity index (χ1v) is 17.3. The molecule has 0 saturated heterocycles. The molecule has 1 aromatic rings. The van der Waals surface area contributed by atoms with Gasteiger partial charge in [-0.15, -0.1) is 0 Å². The fourth-order valence-electron chi connectivity index (χ4n) is 5.40. The highest BCUT2D eigenvalue weighted by Crippen LogP contribution is 2.51. The monoisotopic (exact) mass is 532 g/mol. The van der Waals surface area contributed by atoms with Gasteiger partial charge in [-0.2, -0.15) is 0 Å². The topological polar surface area (TPSA) is 69.7 Å². The standard InChI is InChI=1S/C29H44O5SSi/c1-27(2,3)36(8,9)34-25-16-18-29(6)17-15-23(30)22(20-33-7)26(29)24(19-28(25,4)5)35(31,32)21-13-11-10-12-14-21/h10-18,22,24-26H,19-20H2,1-9H3/t22-,24-,25+,26-,29+/m1/s1. The molecule has 3 rings (SSSR count). The van der Waals surface area contributed by atoms with Crippen LogP contribution in [0.25, 0.3) is 0 Å². The van der Waals surface area contributed by atoms with Crippen LogP contribution in [-0.4, -0.2) is 47.6 Å². The van der Waals surface area contributed by atoms with Gasteiger partial charge in [-0.1, -0.05) is 78.0 Å². The van der Waals surface area contributed by atoms with Crippen molar-refractivity contribution in [2.45, 2.75) is 82.3 Å². The molecule has 0 aromatic heterocycles. The second-order valence-corrected chi connectivity index (χ2v) is 19.9. The fraction of sp³-hybridized carbons (Fsp3) is 0.621. The van der Waals surface area contributed by atoms with Gasteiger partial charge in [-0.3, -0.25) is 4.79 Å². The van der Waals surface area contributed by atoms with E-state index >= 15 is 0 Å². The Balaban J connectivity index is 2.23. The lowest BCUT2D eigenvalue weighted by atomic mass is 9.60. The number of hydrogen-bond donors (Lipinski definition) is 0. The molecule has 0 unspecified atom stereocenters. The third-order valence-electron chi connectivity index (χ3n) is 8.70. The zero-order valence-corrected chi connectivity index (χ0v) is 25.2. The van der Waals surface area contributed by atoms with Crippen LogP contribution in [0.4, 0.5) is 0 Å². The zero-order chi connectivity index (χ0) is 27.2. The van der Waals surface area contributed by atoms with E-state index in [9.17, 15) is 13.2 Å². The molecule has 0 fully saturated rings. The predicted molar refractivity (Wildman–Crippen MR) is 148 cm³/mol. The van der Waals surface area contributed by atoms with Crippen molar-refractivity contribution in [2.24, 2.45) is 22.7 Å². The van der Waals surface area contributed by atoms with Crippen molar-refractivity contribution in [3.8, 4) is 0 Å². The molecule has 1 aromatic carbocycles. The van der Waals surface area contributed by atoms with Crippen LogP contribution in [0.1, 0.15) is 48.0 Å². The van der Waals surface area contributed by atoms with Crippen molar-refractivity contribution in [1.82, 2.24) is 0 Å². The summed E-state index contributed by atoms with van der Waals surface area (Å²) in [6, 6.07) is 8.63. The number of sulfone groups is 1. The Hall–Kier alpha value is -1.54. The molecule has 36 heavy (non-hydrogen) atoms. The largest absolute Gasteiger partial charge is 0.410 e. The molecular weight excluding hydrogens is 488 g/mol. The third-order valence-corrected chi connectivity index (χ3v) is 15.3. The number of benzene rings is 1. The van der Waals surface area contributed by atoms with Gasteiger partial charge >= 0.3 is 0 Å². The minimum Gasteiger partial charge on any atom is -0.410 e. The molecule has 7 heteroatoms. The summed E-state index contributed by atoms with van der Waals surface area (Å²) in [4.78, 5) is 13.4. The summed E-state index contributed by atoms with van der Waals surface area (Å²) < 4.78 is 41.0. The normalized spacial score (nSPS) is 31.0. The van der Waals surface area contributed by atoms with E-state index < -0.39 is 46.1 Å². The molecular formula is C29H44O5SSi. The van der Waals surface area contributed by atoms with Crippen LogP contribution in [-0.2, 0) is 23.8 Å². The molecule has 2 aliphatic rings. The Kier molecular flexibility index (Phi) is 8.04. The van der Waals surface area contributed by atoms with E-state index in [0.717, 1.165) is 0 Å². The van der Waals surface area contributed by atoms with E-state index in [1.165, 1.54) is 0 Å². The number of rotatable bonds is 6. The number of carbonyl (C=O) groups excluding carboxylic acids is 1. The average Bonchev–Trinajstić information content (AvgIpc) is 2.77. The second-order valence-electron chi connectivity index (χ2n) is 12.9. The highest BCUT2D eigenvalue weighted by Gasteiger charge is 2.54. The summed E-state index contributed by atoms with van der Waals surface area (Å²) in [5.74, 6) is -1.09. The van der Waals surface area contributed by atoms with E-state index in [1.807, 2.05) is 19.1 Å². The molecule has 0 N–H and O–H groups in total. The van der Waals surface area contributed by atoms with Gasteiger partial charge in [0.05, 0.1) is 28.8 Å². The predicted octanol–water partition coefficient (Wildman–Crippen LogP) is 6.23. The first kappa shape index (κ1) is 29.0. The molecule has 5 nitrogen and oxygen atoms in total. The van der Waals surface area contributed by atoms with Crippen LogP contribution in [0.3, 0.4) is 0 Å². The van der Waals surface area contributed by atoms with Crippen LogP contribution in [0, 0.1) is 22.7 Å². The van der Waals surface area contributed by atoms with E-state index in [1.54, 1.807) is 37.5 Å². The zero-order valence-electron chi connectivity index (χ0n) is 23.4. The van der Waals surface area contributed by atoms with Gasteiger partial charge in [0, 0.05) is 18.4 Å². The highest BCUT2D eigenvalue weighted by molar-refractivity contribution is 7.92. The lowest BCUT2D eigenvalue weighted by Crippen LogP contribution is -2.54. The Bertz CT molecular complexity index is 1110. The number of carbonyl (C=O) groups is 1. The third kappa shape index (κ3) is 5.49. The van der Waals surface area contributed by atoms with E-state index in [0.29, 0.717) is 6.42 Å². The summed E-state index contributed by atoms with van der Waals surface area (Å²) in [6.45, 7) is 17.5. The van der Waals surface area contributed by atoms with Gasteiger partial charge in [0.1, 0.15) is 0 Å². The van der Waals surface area contributed by atoms with E-state index in [-0.39, 0.29) is 28.4 Å². The van der Waals surface area contributed by atoms with Gasteiger partial charge in [0.25, 0.3) is 0 Å². The first-order valence-electron chi connectivity index (χ1n) is 12.8. The van der Waals surface area contributed by atoms with E-state index in [4.69, 9.17) is 9.16 Å². The molecule has 2 aliphatic carbocycles. The molecule has 0 bridgehead atoms. The Morgan fingerprint density at radius 1 is 1.06 bits per heavy atom. The van der Waals surface area contributed by atoms with Gasteiger partial charge in [-0.25, -0.2) is 8.42 Å². The van der Waals surface area contributed by atoms with Gasteiger partial charge < -0.3 is 9.16 Å². The summed E-state index contributed by atoms with van der Waals surface area (Å²) >= 11 is 0. The number of fused-ring (bicyclic) bond motifs is 1. The van der Waals surface area contributed by atoms with Crippen molar-refractivity contribution in [2.75, 3.05) is 13.7 Å². The van der Waals surface area contributed by atoms with E-state index in [2.05, 4.69) is 59.9 Å².